The summed E-state index contributed by atoms with van der Waals surface area (Å²) in [5.41, 5.74) is 2.47. The first-order valence-corrected chi connectivity index (χ1v) is 10.3. The maximum Gasteiger partial charge on any atom is 0.272 e. The van der Waals surface area contributed by atoms with Gasteiger partial charge in [-0.1, -0.05) is 36.0 Å². The van der Waals surface area contributed by atoms with Crippen LogP contribution in [0.25, 0.3) is 5.13 Å². The third kappa shape index (κ3) is 3.93. The maximum atomic E-state index is 12.7. The monoisotopic (exact) mass is 396 g/mol. The highest BCUT2D eigenvalue weighted by Gasteiger charge is 2.21. The molecular formula is C20H24N6OS. The molecule has 0 spiro atoms. The summed E-state index contributed by atoms with van der Waals surface area (Å²) in [7, 11) is 0. The molecule has 3 aromatic rings. The van der Waals surface area contributed by atoms with Gasteiger partial charge in [-0.15, -0.1) is 10.2 Å². The molecule has 0 radical (unpaired) electrons. The van der Waals surface area contributed by atoms with Crippen LogP contribution in [0.3, 0.4) is 0 Å². The average Bonchev–Trinajstić information content (AvgIpc) is 3.39. The molecule has 1 aliphatic heterocycles. The highest BCUT2D eigenvalue weighted by atomic mass is 32.1. The number of nitrogens with one attached hydrogen (secondary N) is 1. The number of amides is 1. The molecule has 1 fully saturated rings. The topological polar surface area (TPSA) is 66.3 Å². The first kappa shape index (κ1) is 18.6. The van der Waals surface area contributed by atoms with Crippen molar-refractivity contribution in [2.75, 3.05) is 42.9 Å². The molecule has 1 aliphatic rings. The van der Waals surface area contributed by atoms with Crippen LogP contribution in [0.4, 0.5) is 10.8 Å². The molecule has 2 aromatic heterocycles. The van der Waals surface area contributed by atoms with Crippen LogP contribution < -0.4 is 10.2 Å². The first-order chi connectivity index (χ1) is 13.6. The summed E-state index contributed by atoms with van der Waals surface area (Å²) >= 11 is 1.51. The van der Waals surface area contributed by atoms with Gasteiger partial charge in [0, 0.05) is 38.1 Å². The smallest absolute Gasteiger partial charge is 0.272 e. The van der Waals surface area contributed by atoms with Crippen molar-refractivity contribution in [2.45, 2.75) is 13.8 Å². The predicted molar refractivity (Wildman–Crippen MR) is 113 cm³/mol. The van der Waals surface area contributed by atoms with E-state index in [1.807, 2.05) is 43.5 Å². The van der Waals surface area contributed by atoms with Gasteiger partial charge in [0.25, 0.3) is 5.91 Å². The van der Waals surface area contributed by atoms with Crippen LogP contribution in [0, 0.1) is 6.92 Å². The number of hydrogen-bond donors (Lipinski definition) is 1. The van der Waals surface area contributed by atoms with Gasteiger partial charge in [-0.2, -0.15) is 0 Å². The van der Waals surface area contributed by atoms with E-state index in [0.29, 0.717) is 10.8 Å². The van der Waals surface area contributed by atoms with Gasteiger partial charge in [0.15, 0.2) is 0 Å². The molecule has 0 unspecified atom stereocenters. The number of aryl methyl sites for hydroxylation is 1. The van der Waals surface area contributed by atoms with E-state index < -0.39 is 0 Å². The molecule has 7 nitrogen and oxygen atoms in total. The number of hydrogen-bond acceptors (Lipinski definition) is 6. The lowest BCUT2D eigenvalue weighted by Crippen LogP contribution is -2.46. The zero-order chi connectivity index (χ0) is 19.5. The molecule has 0 atom stereocenters. The summed E-state index contributed by atoms with van der Waals surface area (Å²) in [5.74, 6) is -0.165. The number of likely N-dealkylation sites (N-methyl/N-ethyl adjacent to an activating group) is 1. The van der Waals surface area contributed by atoms with Gasteiger partial charge in [-0.3, -0.25) is 9.36 Å². The fourth-order valence-corrected chi connectivity index (χ4v) is 4.15. The molecular weight excluding hydrogens is 372 g/mol. The van der Waals surface area contributed by atoms with E-state index in [4.69, 9.17) is 0 Å². The van der Waals surface area contributed by atoms with Crippen LogP contribution in [-0.4, -0.2) is 58.3 Å². The SMILES string of the molecule is CCN1CCN(c2nnc(-n3cccc3C(=O)Nc3ccc(C)cc3)s2)CC1. The highest BCUT2D eigenvalue weighted by molar-refractivity contribution is 7.17. The van der Waals surface area contributed by atoms with Crippen LogP contribution in [0.5, 0.6) is 0 Å². The van der Waals surface area contributed by atoms with E-state index in [0.717, 1.165) is 49.1 Å². The number of nitrogens with zero attached hydrogens (tertiary/aromatic N) is 5. The highest BCUT2D eigenvalue weighted by Crippen LogP contribution is 2.25. The third-order valence-corrected chi connectivity index (χ3v) is 5.97. The molecule has 1 aromatic carbocycles. The lowest BCUT2D eigenvalue weighted by molar-refractivity contribution is 0.102. The summed E-state index contributed by atoms with van der Waals surface area (Å²) in [6, 6.07) is 11.4. The number of carbonyl (C=O) groups is 1. The average molecular weight is 397 g/mol. The zero-order valence-electron chi connectivity index (χ0n) is 16.1. The summed E-state index contributed by atoms with van der Waals surface area (Å²) in [6.45, 7) is 9.28. The first-order valence-electron chi connectivity index (χ1n) is 9.50. The summed E-state index contributed by atoms with van der Waals surface area (Å²) in [6.07, 6.45) is 1.85. The van der Waals surface area contributed by atoms with Crippen molar-refractivity contribution in [1.29, 1.82) is 0 Å². The quantitative estimate of drug-likeness (QED) is 0.718. The lowest BCUT2D eigenvalue weighted by Gasteiger charge is -2.33. The summed E-state index contributed by atoms with van der Waals surface area (Å²) in [5, 5.41) is 13.2. The third-order valence-electron chi connectivity index (χ3n) is 4.99. The van der Waals surface area contributed by atoms with Gasteiger partial charge in [0.2, 0.25) is 10.3 Å². The Balaban J connectivity index is 1.49. The molecule has 0 bridgehead atoms. The second kappa shape index (κ2) is 8.12. The predicted octanol–water partition coefficient (Wildman–Crippen LogP) is 3.03. The van der Waals surface area contributed by atoms with E-state index in [1.165, 1.54) is 11.3 Å². The molecule has 146 valence electrons. The Morgan fingerprint density at radius 2 is 1.79 bits per heavy atom. The molecule has 0 saturated carbocycles. The summed E-state index contributed by atoms with van der Waals surface area (Å²) < 4.78 is 1.80. The molecule has 8 heteroatoms. The maximum absolute atomic E-state index is 12.7. The van der Waals surface area contributed by atoms with Gasteiger partial charge < -0.3 is 15.1 Å². The van der Waals surface area contributed by atoms with Crippen LogP contribution in [0.2, 0.25) is 0 Å². The number of piperazine rings is 1. The Hall–Kier alpha value is -2.71. The minimum absolute atomic E-state index is 0.165. The minimum atomic E-state index is -0.165. The van der Waals surface area contributed by atoms with Crippen molar-refractivity contribution in [1.82, 2.24) is 19.7 Å². The van der Waals surface area contributed by atoms with Gasteiger partial charge in [-0.05, 0) is 37.7 Å². The van der Waals surface area contributed by atoms with E-state index in [-0.39, 0.29) is 5.91 Å². The van der Waals surface area contributed by atoms with Crippen molar-refractivity contribution in [2.24, 2.45) is 0 Å². The molecule has 3 heterocycles. The lowest BCUT2D eigenvalue weighted by atomic mass is 10.2. The van der Waals surface area contributed by atoms with E-state index in [1.54, 1.807) is 10.6 Å². The number of aromatic nitrogens is 3. The normalized spacial score (nSPS) is 15.0. The van der Waals surface area contributed by atoms with Crippen LogP contribution in [0.15, 0.2) is 42.6 Å². The second-order valence-electron chi connectivity index (χ2n) is 6.87. The molecule has 1 saturated heterocycles. The number of anilines is 2. The second-order valence-corrected chi connectivity index (χ2v) is 7.81. The number of carbonyl (C=O) groups excluding carboxylic acids is 1. The van der Waals surface area contributed by atoms with Crippen molar-refractivity contribution in [3.63, 3.8) is 0 Å². The Morgan fingerprint density at radius 3 is 2.50 bits per heavy atom. The van der Waals surface area contributed by atoms with Crippen molar-refractivity contribution >= 4 is 28.1 Å². The zero-order valence-corrected chi connectivity index (χ0v) is 16.9. The Bertz CT molecular complexity index is 940. The van der Waals surface area contributed by atoms with E-state index >= 15 is 0 Å². The van der Waals surface area contributed by atoms with Crippen molar-refractivity contribution in [3.05, 3.63) is 53.9 Å². The standard InChI is InChI=1S/C20H24N6OS/c1-3-24-11-13-25(14-12-24)19-22-23-20(28-19)26-10-4-5-17(26)18(27)21-16-8-6-15(2)7-9-16/h4-10H,3,11-14H2,1-2H3,(H,21,27). The van der Waals surface area contributed by atoms with E-state index in [2.05, 4.69) is 32.2 Å². The Kier molecular flexibility index (Phi) is 5.40. The molecule has 1 amide bonds. The van der Waals surface area contributed by atoms with Crippen LogP contribution in [-0.2, 0) is 0 Å². The molecule has 4 rings (SSSR count). The van der Waals surface area contributed by atoms with E-state index in [9.17, 15) is 4.79 Å². The van der Waals surface area contributed by atoms with Crippen molar-refractivity contribution < 1.29 is 4.79 Å². The van der Waals surface area contributed by atoms with Crippen molar-refractivity contribution in [3.8, 4) is 5.13 Å². The van der Waals surface area contributed by atoms with Gasteiger partial charge in [-0.25, -0.2) is 0 Å². The minimum Gasteiger partial charge on any atom is -0.344 e. The Morgan fingerprint density at radius 1 is 1.07 bits per heavy atom. The largest absolute Gasteiger partial charge is 0.344 e. The molecule has 1 N–H and O–H groups in total. The number of rotatable bonds is 5. The fourth-order valence-electron chi connectivity index (χ4n) is 3.25. The van der Waals surface area contributed by atoms with Gasteiger partial charge in [0.05, 0.1) is 0 Å². The molecule has 28 heavy (non-hydrogen) atoms. The fraction of sp³-hybridized carbons (Fsp3) is 0.350. The number of benzene rings is 1. The van der Waals surface area contributed by atoms with Gasteiger partial charge in [0.1, 0.15) is 5.69 Å². The Labute approximate surface area is 168 Å². The summed E-state index contributed by atoms with van der Waals surface area (Å²) in [4.78, 5) is 17.4. The van der Waals surface area contributed by atoms with Gasteiger partial charge >= 0.3 is 0 Å². The van der Waals surface area contributed by atoms with Crippen LogP contribution in [0.1, 0.15) is 23.0 Å². The van der Waals surface area contributed by atoms with Crippen LogP contribution >= 0.6 is 11.3 Å². The molecule has 0 aliphatic carbocycles.